The number of anilines is 1. The Morgan fingerprint density at radius 3 is 2.40 bits per heavy atom. The van der Waals surface area contributed by atoms with Crippen LogP contribution in [0.1, 0.15) is 37.3 Å². The normalized spacial score (nSPS) is 20.2. The monoisotopic (exact) mass is 359 g/mol. The Morgan fingerprint density at radius 2 is 1.80 bits per heavy atom. The molecule has 2 unspecified atom stereocenters. The predicted molar refractivity (Wildman–Crippen MR) is 96.4 cm³/mol. The number of rotatable bonds is 4. The van der Waals surface area contributed by atoms with Crippen molar-refractivity contribution in [3.63, 3.8) is 0 Å². The van der Waals surface area contributed by atoms with Crippen LogP contribution in [0.3, 0.4) is 0 Å². The summed E-state index contributed by atoms with van der Waals surface area (Å²) in [6.45, 7) is 3.77. The molecule has 132 valence electrons. The van der Waals surface area contributed by atoms with Gasteiger partial charge in [-0.05, 0) is 49.1 Å². The zero-order valence-electron chi connectivity index (χ0n) is 14.2. The highest BCUT2D eigenvalue weighted by Gasteiger charge is 2.39. The van der Waals surface area contributed by atoms with Gasteiger partial charge in [-0.1, -0.05) is 37.3 Å². The van der Waals surface area contributed by atoms with Gasteiger partial charge in [0, 0.05) is 6.04 Å². The number of carboxylic acid groups (broad SMARTS) is 1. The third-order valence-electron chi connectivity index (χ3n) is 4.71. The second kappa shape index (κ2) is 6.52. The lowest BCUT2D eigenvalue weighted by Gasteiger charge is -2.38. The van der Waals surface area contributed by atoms with Gasteiger partial charge in [0.25, 0.3) is 10.0 Å². The number of fused-ring (bicyclic) bond motifs is 1. The van der Waals surface area contributed by atoms with E-state index >= 15 is 0 Å². The van der Waals surface area contributed by atoms with E-state index in [1.54, 1.807) is 43.3 Å². The minimum Gasteiger partial charge on any atom is -0.481 e. The summed E-state index contributed by atoms with van der Waals surface area (Å²) in [6.07, 6.45) is 1.09. The molecule has 2 aromatic rings. The molecule has 6 heteroatoms. The molecule has 1 aliphatic heterocycles. The number of nitrogens with zero attached hydrogens (tertiary/aromatic N) is 1. The third-order valence-corrected chi connectivity index (χ3v) is 6.66. The molecule has 1 aliphatic rings. The van der Waals surface area contributed by atoms with E-state index in [-0.39, 0.29) is 11.3 Å². The van der Waals surface area contributed by atoms with Crippen molar-refractivity contribution in [2.45, 2.75) is 43.5 Å². The number of para-hydroxylation sites is 1. The van der Waals surface area contributed by atoms with Crippen molar-refractivity contribution in [3.05, 3.63) is 59.7 Å². The Morgan fingerprint density at radius 1 is 1.16 bits per heavy atom. The van der Waals surface area contributed by atoms with Gasteiger partial charge < -0.3 is 5.11 Å². The van der Waals surface area contributed by atoms with Gasteiger partial charge in [-0.25, -0.2) is 8.42 Å². The van der Waals surface area contributed by atoms with Crippen molar-refractivity contribution in [3.8, 4) is 0 Å². The molecular weight excluding hydrogens is 338 g/mol. The number of hydrogen-bond acceptors (Lipinski definition) is 3. The van der Waals surface area contributed by atoms with Crippen molar-refractivity contribution in [2.75, 3.05) is 4.31 Å². The molecule has 0 saturated carbocycles. The molecule has 2 aromatic carbocycles. The molecule has 0 fully saturated rings. The van der Waals surface area contributed by atoms with Crippen molar-refractivity contribution in [1.82, 2.24) is 0 Å². The molecule has 0 aliphatic carbocycles. The highest BCUT2D eigenvalue weighted by atomic mass is 32.2. The molecule has 0 bridgehead atoms. The zero-order chi connectivity index (χ0) is 18.2. The minimum absolute atomic E-state index is 0.222. The topological polar surface area (TPSA) is 74.7 Å². The van der Waals surface area contributed by atoms with E-state index in [4.69, 9.17) is 0 Å². The Hall–Kier alpha value is -2.34. The van der Waals surface area contributed by atoms with Crippen LogP contribution in [0.25, 0.3) is 0 Å². The van der Waals surface area contributed by atoms with Gasteiger partial charge in [0.1, 0.15) is 0 Å². The van der Waals surface area contributed by atoms with Gasteiger partial charge in [0.2, 0.25) is 0 Å². The molecule has 0 radical (unpaired) electrons. The molecule has 3 rings (SSSR count). The minimum atomic E-state index is -3.76. The van der Waals surface area contributed by atoms with Crippen LogP contribution in [0.15, 0.2) is 53.4 Å². The molecule has 5 nitrogen and oxygen atoms in total. The van der Waals surface area contributed by atoms with Gasteiger partial charge in [-0.15, -0.1) is 0 Å². The van der Waals surface area contributed by atoms with Crippen molar-refractivity contribution >= 4 is 21.7 Å². The summed E-state index contributed by atoms with van der Waals surface area (Å²) in [4.78, 5) is 11.8. The fourth-order valence-corrected chi connectivity index (χ4v) is 5.09. The Balaban J connectivity index is 2.11. The van der Waals surface area contributed by atoms with E-state index in [1.807, 2.05) is 19.1 Å². The quantitative estimate of drug-likeness (QED) is 0.908. The van der Waals surface area contributed by atoms with Crippen LogP contribution in [0.5, 0.6) is 0 Å². The number of aryl methyl sites for hydroxylation is 1. The van der Waals surface area contributed by atoms with Gasteiger partial charge >= 0.3 is 5.97 Å². The number of aliphatic carboxylic acids is 1. The number of carbonyl (C=O) groups is 1. The Kier molecular flexibility index (Phi) is 4.56. The number of hydrogen-bond donors (Lipinski definition) is 1. The molecule has 2 atom stereocenters. The van der Waals surface area contributed by atoms with Crippen LogP contribution in [0.2, 0.25) is 0 Å². The molecule has 25 heavy (non-hydrogen) atoms. The maximum Gasteiger partial charge on any atom is 0.311 e. The molecule has 1 heterocycles. The van der Waals surface area contributed by atoms with Crippen LogP contribution in [0.4, 0.5) is 5.69 Å². The first-order valence-electron chi connectivity index (χ1n) is 8.31. The van der Waals surface area contributed by atoms with E-state index in [1.165, 1.54) is 4.31 Å². The lowest BCUT2D eigenvalue weighted by atomic mass is 9.87. The van der Waals surface area contributed by atoms with Crippen molar-refractivity contribution < 1.29 is 18.3 Å². The summed E-state index contributed by atoms with van der Waals surface area (Å²) in [5.41, 5.74) is 2.06. The van der Waals surface area contributed by atoms with Crippen molar-refractivity contribution in [2.24, 2.45) is 0 Å². The van der Waals surface area contributed by atoms with Gasteiger partial charge in [0.05, 0.1) is 16.5 Å². The van der Waals surface area contributed by atoms with Crippen LogP contribution in [-0.2, 0) is 21.2 Å². The molecule has 1 N–H and O–H groups in total. The van der Waals surface area contributed by atoms with E-state index < -0.39 is 28.0 Å². The average Bonchev–Trinajstić information content (AvgIpc) is 2.60. The van der Waals surface area contributed by atoms with E-state index in [0.717, 1.165) is 12.0 Å². The third kappa shape index (κ3) is 3.02. The van der Waals surface area contributed by atoms with Crippen LogP contribution >= 0.6 is 0 Å². The highest BCUT2D eigenvalue weighted by Crippen LogP contribution is 2.41. The smallest absolute Gasteiger partial charge is 0.311 e. The van der Waals surface area contributed by atoms with Crippen LogP contribution in [-0.4, -0.2) is 25.5 Å². The average molecular weight is 359 g/mol. The van der Waals surface area contributed by atoms with E-state index in [2.05, 4.69) is 0 Å². The van der Waals surface area contributed by atoms with E-state index in [9.17, 15) is 18.3 Å². The van der Waals surface area contributed by atoms with Crippen LogP contribution in [0, 0.1) is 0 Å². The Bertz CT molecular complexity index is 890. The number of benzene rings is 2. The number of carboxylic acids is 1. The molecule has 0 aromatic heterocycles. The van der Waals surface area contributed by atoms with E-state index in [0.29, 0.717) is 11.3 Å². The summed E-state index contributed by atoms with van der Waals surface area (Å²) in [5, 5.41) is 9.50. The van der Waals surface area contributed by atoms with Gasteiger partial charge in [-0.2, -0.15) is 0 Å². The van der Waals surface area contributed by atoms with Crippen molar-refractivity contribution in [1.29, 1.82) is 0 Å². The number of sulfonamides is 1. The molecule has 0 saturated heterocycles. The fourth-order valence-electron chi connectivity index (χ4n) is 3.40. The van der Waals surface area contributed by atoms with Gasteiger partial charge in [-0.3, -0.25) is 9.10 Å². The lowest BCUT2D eigenvalue weighted by Crippen LogP contribution is -2.44. The highest BCUT2D eigenvalue weighted by molar-refractivity contribution is 7.92. The first-order valence-corrected chi connectivity index (χ1v) is 9.75. The summed E-state index contributed by atoms with van der Waals surface area (Å²) in [7, 11) is -3.76. The maximum atomic E-state index is 13.2. The lowest BCUT2D eigenvalue weighted by molar-refractivity contribution is -0.139. The zero-order valence-corrected chi connectivity index (χ0v) is 15.0. The summed E-state index contributed by atoms with van der Waals surface area (Å²) >= 11 is 0. The second-order valence-electron chi connectivity index (χ2n) is 6.33. The first kappa shape index (κ1) is 17.5. The SMILES string of the molecule is CCc1ccc(S(=O)(=O)N2c3ccccc3C(C(=O)O)CC2C)cc1. The molecule has 0 spiro atoms. The summed E-state index contributed by atoms with van der Waals surface area (Å²) in [6, 6.07) is 13.3. The Labute approximate surface area is 148 Å². The summed E-state index contributed by atoms with van der Waals surface area (Å²) < 4.78 is 27.8. The molecular formula is C19H21NO4S. The fraction of sp³-hybridized carbons (Fsp3) is 0.316. The first-order chi connectivity index (χ1) is 11.9. The summed E-state index contributed by atoms with van der Waals surface area (Å²) in [5.74, 6) is -1.62. The standard InChI is InChI=1S/C19H21NO4S/c1-3-14-8-10-15(11-9-14)25(23,24)20-13(2)12-17(19(21)22)16-6-4-5-7-18(16)20/h4-11,13,17H,3,12H2,1-2H3,(H,21,22). The maximum absolute atomic E-state index is 13.2. The predicted octanol–water partition coefficient (Wildman–Crippen LogP) is 3.40. The largest absolute Gasteiger partial charge is 0.481 e. The van der Waals surface area contributed by atoms with Gasteiger partial charge in [0.15, 0.2) is 0 Å². The van der Waals surface area contributed by atoms with Crippen LogP contribution < -0.4 is 4.31 Å². The molecule has 0 amide bonds. The second-order valence-corrected chi connectivity index (χ2v) is 8.15.